The van der Waals surface area contributed by atoms with Crippen LogP contribution in [0.2, 0.25) is 0 Å². The molecule has 0 spiro atoms. The maximum absolute atomic E-state index is 11.8. The van der Waals surface area contributed by atoms with Gasteiger partial charge in [-0.25, -0.2) is 0 Å². The maximum atomic E-state index is 11.8. The van der Waals surface area contributed by atoms with Gasteiger partial charge in [-0.15, -0.1) is 0 Å². The zero-order valence-corrected chi connectivity index (χ0v) is 9.78. The summed E-state index contributed by atoms with van der Waals surface area (Å²) in [5.41, 5.74) is 5.79. The summed E-state index contributed by atoms with van der Waals surface area (Å²) in [5, 5.41) is 2.98. The van der Waals surface area contributed by atoms with Gasteiger partial charge in [0.2, 0.25) is 5.91 Å². The van der Waals surface area contributed by atoms with Crippen molar-refractivity contribution in [3.05, 3.63) is 0 Å². The number of amides is 1. The zero-order valence-electron chi connectivity index (χ0n) is 9.78. The normalized spacial score (nSPS) is 30.8. The molecule has 1 saturated carbocycles. The summed E-state index contributed by atoms with van der Waals surface area (Å²) in [4.78, 5) is 11.8. The molecule has 2 aliphatic rings. The van der Waals surface area contributed by atoms with E-state index in [1.165, 1.54) is 25.7 Å². The van der Waals surface area contributed by atoms with Crippen LogP contribution in [-0.4, -0.2) is 31.7 Å². The standard InChI is InChI=1S/C12H22N2O2/c13-11-8-16-7-10(11)12(15)14-6-5-9-3-1-2-4-9/h9-11H,1-8,13H2,(H,14,15). The Hall–Kier alpha value is -0.610. The van der Waals surface area contributed by atoms with E-state index in [4.69, 9.17) is 10.5 Å². The first kappa shape index (κ1) is 11.9. The van der Waals surface area contributed by atoms with Gasteiger partial charge in [-0.1, -0.05) is 25.7 Å². The number of nitrogens with one attached hydrogen (secondary N) is 1. The van der Waals surface area contributed by atoms with Gasteiger partial charge in [0, 0.05) is 12.6 Å². The first-order chi connectivity index (χ1) is 7.77. The van der Waals surface area contributed by atoms with E-state index >= 15 is 0 Å². The van der Waals surface area contributed by atoms with Gasteiger partial charge in [-0.3, -0.25) is 4.79 Å². The molecular weight excluding hydrogens is 204 g/mol. The van der Waals surface area contributed by atoms with E-state index in [2.05, 4.69) is 5.32 Å². The zero-order chi connectivity index (χ0) is 11.4. The third-order valence-electron chi connectivity index (χ3n) is 3.79. The second-order valence-electron chi connectivity index (χ2n) is 5.04. The quantitative estimate of drug-likeness (QED) is 0.740. The Bertz CT molecular complexity index is 239. The molecule has 2 unspecified atom stereocenters. The third kappa shape index (κ3) is 2.95. The van der Waals surface area contributed by atoms with Gasteiger partial charge in [0.05, 0.1) is 19.1 Å². The number of rotatable bonds is 4. The van der Waals surface area contributed by atoms with Gasteiger partial charge in [0.25, 0.3) is 0 Å². The van der Waals surface area contributed by atoms with Crippen molar-refractivity contribution < 1.29 is 9.53 Å². The summed E-state index contributed by atoms with van der Waals surface area (Å²) in [5.74, 6) is 0.764. The topological polar surface area (TPSA) is 64.3 Å². The number of carbonyl (C=O) groups is 1. The lowest BCUT2D eigenvalue weighted by Crippen LogP contribution is -2.41. The van der Waals surface area contributed by atoms with E-state index in [1.807, 2.05) is 0 Å². The van der Waals surface area contributed by atoms with Crippen molar-refractivity contribution in [2.45, 2.75) is 38.1 Å². The molecule has 1 amide bonds. The third-order valence-corrected chi connectivity index (χ3v) is 3.79. The lowest BCUT2D eigenvalue weighted by Gasteiger charge is -2.14. The van der Waals surface area contributed by atoms with Crippen LogP contribution in [0.1, 0.15) is 32.1 Å². The number of ether oxygens (including phenoxy) is 1. The largest absolute Gasteiger partial charge is 0.379 e. The molecule has 1 heterocycles. The van der Waals surface area contributed by atoms with Gasteiger partial charge in [-0.2, -0.15) is 0 Å². The number of nitrogens with two attached hydrogens (primary N) is 1. The molecule has 3 N–H and O–H groups in total. The second kappa shape index (κ2) is 5.64. The predicted molar refractivity (Wildman–Crippen MR) is 61.9 cm³/mol. The fourth-order valence-electron chi connectivity index (χ4n) is 2.67. The Morgan fingerprint density at radius 1 is 1.31 bits per heavy atom. The van der Waals surface area contributed by atoms with Crippen LogP contribution in [0.4, 0.5) is 0 Å². The minimum absolute atomic E-state index is 0.0722. The van der Waals surface area contributed by atoms with Crippen LogP contribution >= 0.6 is 0 Å². The summed E-state index contributed by atoms with van der Waals surface area (Å²) >= 11 is 0. The van der Waals surface area contributed by atoms with Crippen LogP contribution in [0, 0.1) is 11.8 Å². The van der Waals surface area contributed by atoms with E-state index in [0.29, 0.717) is 13.2 Å². The molecule has 0 aromatic rings. The first-order valence-electron chi connectivity index (χ1n) is 6.38. The number of hydrogen-bond donors (Lipinski definition) is 2. The highest BCUT2D eigenvalue weighted by Gasteiger charge is 2.31. The Balaban J connectivity index is 1.63. The molecule has 0 aromatic carbocycles. The van der Waals surface area contributed by atoms with Crippen molar-refractivity contribution in [2.24, 2.45) is 17.6 Å². The smallest absolute Gasteiger partial charge is 0.227 e. The highest BCUT2D eigenvalue weighted by Crippen LogP contribution is 2.26. The van der Waals surface area contributed by atoms with Crippen molar-refractivity contribution in [1.82, 2.24) is 5.32 Å². The van der Waals surface area contributed by atoms with E-state index in [1.54, 1.807) is 0 Å². The monoisotopic (exact) mass is 226 g/mol. The highest BCUT2D eigenvalue weighted by atomic mass is 16.5. The van der Waals surface area contributed by atoms with Crippen molar-refractivity contribution in [2.75, 3.05) is 19.8 Å². The van der Waals surface area contributed by atoms with Gasteiger partial charge in [0.1, 0.15) is 0 Å². The Morgan fingerprint density at radius 2 is 2.06 bits per heavy atom. The molecule has 1 aliphatic heterocycles. The summed E-state index contributed by atoms with van der Waals surface area (Å²) in [6.07, 6.45) is 6.51. The molecule has 2 rings (SSSR count). The molecule has 0 bridgehead atoms. The Morgan fingerprint density at radius 3 is 2.69 bits per heavy atom. The average Bonchev–Trinajstić information content (AvgIpc) is 2.88. The lowest BCUT2D eigenvalue weighted by molar-refractivity contribution is -0.125. The van der Waals surface area contributed by atoms with Crippen LogP contribution in [0.3, 0.4) is 0 Å². The Kier molecular flexibility index (Phi) is 4.18. The fourth-order valence-corrected chi connectivity index (χ4v) is 2.67. The van der Waals surface area contributed by atoms with Crippen LogP contribution in [-0.2, 0) is 9.53 Å². The van der Waals surface area contributed by atoms with Crippen LogP contribution in [0.25, 0.3) is 0 Å². The summed E-state index contributed by atoms with van der Waals surface area (Å²) in [6, 6.07) is -0.119. The summed E-state index contributed by atoms with van der Waals surface area (Å²) in [6.45, 7) is 1.80. The number of carbonyl (C=O) groups excluding carboxylic acids is 1. The van der Waals surface area contributed by atoms with E-state index in [9.17, 15) is 4.79 Å². The predicted octanol–water partition coefficient (Wildman–Crippen LogP) is 0.657. The highest BCUT2D eigenvalue weighted by molar-refractivity contribution is 5.79. The van der Waals surface area contributed by atoms with Crippen LogP contribution < -0.4 is 11.1 Å². The van der Waals surface area contributed by atoms with Crippen LogP contribution in [0.5, 0.6) is 0 Å². The van der Waals surface area contributed by atoms with E-state index in [-0.39, 0.29) is 17.9 Å². The molecule has 4 heteroatoms. The molecule has 2 atom stereocenters. The van der Waals surface area contributed by atoms with Gasteiger partial charge < -0.3 is 15.8 Å². The Labute approximate surface area is 96.9 Å². The molecule has 0 radical (unpaired) electrons. The second-order valence-corrected chi connectivity index (χ2v) is 5.04. The van der Waals surface area contributed by atoms with Gasteiger partial charge in [0.15, 0.2) is 0 Å². The molecule has 1 aliphatic carbocycles. The van der Waals surface area contributed by atoms with Crippen molar-refractivity contribution >= 4 is 5.91 Å². The van der Waals surface area contributed by atoms with Crippen molar-refractivity contribution in [3.63, 3.8) is 0 Å². The summed E-state index contributed by atoms with van der Waals surface area (Å²) < 4.78 is 5.18. The minimum Gasteiger partial charge on any atom is -0.379 e. The van der Waals surface area contributed by atoms with Gasteiger partial charge >= 0.3 is 0 Å². The first-order valence-corrected chi connectivity index (χ1v) is 6.38. The van der Waals surface area contributed by atoms with E-state index < -0.39 is 0 Å². The van der Waals surface area contributed by atoms with Crippen LogP contribution in [0.15, 0.2) is 0 Å². The molecule has 4 nitrogen and oxygen atoms in total. The fraction of sp³-hybridized carbons (Fsp3) is 0.917. The molecule has 92 valence electrons. The van der Waals surface area contributed by atoms with Crippen molar-refractivity contribution in [1.29, 1.82) is 0 Å². The molecule has 1 saturated heterocycles. The maximum Gasteiger partial charge on any atom is 0.227 e. The van der Waals surface area contributed by atoms with E-state index in [0.717, 1.165) is 18.9 Å². The van der Waals surface area contributed by atoms with Crippen molar-refractivity contribution in [3.8, 4) is 0 Å². The average molecular weight is 226 g/mol. The molecule has 2 fully saturated rings. The van der Waals surface area contributed by atoms with Gasteiger partial charge in [-0.05, 0) is 12.3 Å². The summed E-state index contributed by atoms with van der Waals surface area (Å²) in [7, 11) is 0. The molecule has 16 heavy (non-hydrogen) atoms. The molecular formula is C12H22N2O2. The molecule has 0 aromatic heterocycles. The number of hydrogen-bond acceptors (Lipinski definition) is 3. The minimum atomic E-state index is -0.136. The lowest BCUT2D eigenvalue weighted by atomic mass is 10.0. The SMILES string of the molecule is NC1COCC1C(=O)NCCC1CCCC1.